The Morgan fingerprint density at radius 2 is 2.24 bits per heavy atom. The third-order valence-corrected chi connectivity index (χ3v) is 4.41. The number of sulfonamides is 1. The molecule has 1 heterocycles. The number of hydrogen-bond acceptors (Lipinski definition) is 5. The minimum absolute atomic E-state index is 0.0310. The highest BCUT2D eigenvalue weighted by molar-refractivity contribution is 7.89. The van der Waals surface area contributed by atoms with Gasteiger partial charge < -0.3 is 9.47 Å². The van der Waals surface area contributed by atoms with Gasteiger partial charge in [-0.15, -0.1) is 0 Å². The number of carbonyl (C=O) groups excluding carboxylic acids is 1. The van der Waals surface area contributed by atoms with E-state index in [1.54, 1.807) is 12.1 Å². The first-order chi connectivity index (χ1) is 9.91. The van der Waals surface area contributed by atoms with Gasteiger partial charge in [-0.1, -0.05) is 13.0 Å². The first-order valence-corrected chi connectivity index (χ1v) is 8.41. The van der Waals surface area contributed by atoms with Crippen LogP contribution in [0.5, 0.6) is 0 Å². The average molecular weight is 313 g/mol. The van der Waals surface area contributed by atoms with Crippen molar-refractivity contribution in [3.63, 3.8) is 0 Å². The van der Waals surface area contributed by atoms with E-state index in [1.165, 1.54) is 6.07 Å². The van der Waals surface area contributed by atoms with E-state index in [1.807, 2.05) is 6.92 Å². The Balaban J connectivity index is 2.13. The summed E-state index contributed by atoms with van der Waals surface area (Å²) < 4.78 is 33.6. The zero-order chi connectivity index (χ0) is 15.5. The maximum atomic E-state index is 12.0. The average Bonchev–Trinajstić information content (AvgIpc) is 2.96. The molecule has 0 bridgehead atoms. The first kappa shape index (κ1) is 15.9. The van der Waals surface area contributed by atoms with Crippen LogP contribution in [0.3, 0.4) is 0 Å². The molecule has 6 nitrogen and oxygen atoms in total. The molecule has 1 unspecified atom stereocenters. The molecule has 0 spiro atoms. The molecule has 2 rings (SSSR count). The predicted octanol–water partition coefficient (Wildman–Crippen LogP) is 1.23. The largest absolute Gasteiger partial charge is 0.459 e. The molecule has 1 atom stereocenters. The maximum absolute atomic E-state index is 12.0. The SMILES string of the molecule is CCc1ccc(C(=O)OCC2CCCO2)cc1S(N)(=O)=O. The molecule has 7 heteroatoms. The molecule has 1 saturated heterocycles. The second-order valence-electron chi connectivity index (χ2n) is 4.95. The maximum Gasteiger partial charge on any atom is 0.338 e. The van der Waals surface area contributed by atoms with Crippen molar-refractivity contribution >= 4 is 16.0 Å². The lowest BCUT2D eigenvalue weighted by molar-refractivity contribution is 0.0161. The van der Waals surface area contributed by atoms with E-state index in [0.29, 0.717) is 18.6 Å². The molecule has 0 amide bonds. The highest BCUT2D eigenvalue weighted by atomic mass is 32.2. The summed E-state index contributed by atoms with van der Waals surface area (Å²) in [6.45, 7) is 2.68. The van der Waals surface area contributed by atoms with Gasteiger partial charge in [0, 0.05) is 6.61 Å². The summed E-state index contributed by atoms with van der Waals surface area (Å²) in [5.41, 5.74) is 0.752. The Hall–Kier alpha value is -1.44. The number of esters is 1. The Labute approximate surface area is 124 Å². The highest BCUT2D eigenvalue weighted by Gasteiger charge is 2.20. The van der Waals surface area contributed by atoms with Crippen molar-refractivity contribution in [1.29, 1.82) is 0 Å². The quantitative estimate of drug-likeness (QED) is 0.825. The molecule has 0 aromatic heterocycles. The van der Waals surface area contributed by atoms with Gasteiger partial charge >= 0.3 is 5.97 Å². The summed E-state index contributed by atoms with van der Waals surface area (Å²) in [7, 11) is -3.86. The highest BCUT2D eigenvalue weighted by Crippen LogP contribution is 2.19. The number of rotatable bonds is 5. The summed E-state index contributed by atoms with van der Waals surface area (Å²) in [5, 5.41) is 5.18. The van der Waals surface area contributed by atoms with Crippen LogP contribution in [0.1, 0.15) is 35.7 Å². The molecule has 1 fully saturated rings. The van der Waals surface area contributed by atoms with Crippen LogP contribution in [0.25, 0.3) is 0 Å². The van der Waals surface area contributed by atoms with Crippen molar-refractivity contribution in [2.45, 2.75) is 37.2 Å². The Bertz CT molecular complexity index is 620. The van der Waals surface area contributed by atoms with E-state index >= 15 is 0 Å². The van der Waals surface area contributed by atoms with Crippen LogP contribution in [0.15, 0.2) is 23.1 Å². The van der Waals surface area contributed by atoms with Gasteiger partial charge in [-0.3, -0.25) is 0 Å². The van der Waals surface area contributed by atoms with E-state index in [4.69, 9.17) is 14.6 Å². The Morgan fingerprint density at radius 1 is 1.48 bits per heavy atom. The van der Waals surface area contributed by atoms with Gasteiger partial charge in [0.15, 0.2) is 0 Å². The molecule has 21 heavy (non-hydrogen) atoms. The number of carbonyl (C=O) groups is 1. The number of ether oxygens (including phenoxy) is 2. The zero-order valence-electron chi connectivity index (χ0n) is 11.9. The standard InChI is InChI=1S/C14H19NO5S/c1-2-10-5-6-11(8-13(10)21(15,17)18)14(16)20-9-12-4-3-7-19-12/h5-6,8,12H,2-4,7,9H2,1H3,(H2,15,17,18). The molecule has 1 aromatic carbocycles. The zero-order valence-corrected chi connectivity index (χ0v) is 12.7. The van der Waals surface area contributed by atoms with Crippen LogP contribution in [0.2, 0.25) is 0 Å². The van der Waals surface area contributed by atoms with E-state index in [-0.39, 0.29) is 23.2 Å². The van der Waals surface area contributed by atoms with Crippen molar-refractivity contribution in [3.05, 3.63) is 29.3 Å². The van der Waals surface area contributed by atoms with Crippen LogP contribution in [-0.4, -0.2) is 33.7 Å². The van der Waals surface area contributed by atoms with E-state index in [0.717, 1.165) is 12.8 Å². The number of hydrogen-bond donors (Lipinski definition) is 1. The smallest absolute Gasteiger partial charge is 0.338 e. The van der Waals surface area contributed by atoms with Gasteiger partial charge in [0.1, 0.15) is 6.61 Å². The molecule has 0 aliphatic carbocycles. The van der Waals surface area contributed by atoms with Gasteiger partial charge in [0.2, 0.25) is 10.0 Å². The Kier molecular flexibility index (Phi) is 4.97. The fourth-order valence-electron chi connectivity index (χ4n) is 2.27. The van der Waals surface area contributed by atoms with Crippen LogP contribution >= 0.6 is 0 Å². The molecule has 1 aliphatic heterocycles. The van der Waals surface area contributed by atoms with Gasteiger partial charge in [-0.2, -0.15) is 0 Å². The van der Waals surface area contributed by atoms with Crippen LogP contribution in [-0.2, 0) is 25.9 Å². The number of primary sulfonamides is 1. The van der Waals surface area contributed by atoms with Crippen molar-refractivity contribution < 1.29 is 22.7 Å². The summed E-state index contributed by atoms with van der Waals surface area (Å²) in [4.78, 5) is 11.9. The van der Waals surface area contributed by atoms with Crippen molar-refractivity contribution in [1.82, 2.24) is 0 Å². The number of benzene rings is 1. The second kappa shape index (κ2) is 6.55. The predicted molar refractivity (Wildman–Crippen MR) is 76.4 cm³/mol. The lowest BCUT2D eigenvalue weighted by atomic mass is 10.1. The van der Waals surface area contributed by atoms with Gasteiger partial charge in [0.25, 0.3) is 0 Å². The second-order valence-corrected chi connectivity index (χ2v) is 6.48. The number of nitrogens with two attached hydrogens (primary N) is 1. The lowest BCUT2D eigenvalue weighted by Gasteiger charge is -2.11. The molecule has 1 aromatic rings. The lowest BCUT2D eigenvalue weighted by Crippen LogP contribution is -2.19. The summed E-state index contributed by atoms with van der Waals surface area (Å²) >= 11 is 0. The minimum Gasteiger partial charge on any atom is -0.459 e. The minimum atomic E-state index is -3.86. The van der Waals surface area contributed by atoms with E-state index in [9.17, 15) is 13.2 Å². The summed E-state index contributed by atoms with van der Waals surface area (Å²) in [6, 6.07) is 4.40. The van der Waals surface area contributed by atoms with Crippen molar-refractivity contribution in [2.24, 2.45) is 5.14 Å². The number of aryl methyl sites for hydroxylation is 1. The molecule has 0 saturated carbocycles. The third-order valence-electron chi connectivity index (χ3n) is 3.41. The summed E-state index contributed by atoms with van der Waals surface area (Å²) in [5.74, 6) is -0.571. The summed E-state index contributed by atoms with van der Waals surface area (Å²) in [6.07, 6.45) is 2.27. The van der Waals surface area contributed by atoms with Crippen molar-refractivity contribution in [3.8, 4) is 0 Å². The first-order valence-electron chi connectivity index (χ1n) is 6.86. The van der Waals surface area contributed by atoms with Crippen LogP contribution in [0.4, 0.5) is 0 Å². The molecule has 2 N–H and O–H groups in total. The van der Waals surface area contributed by atoms with Gasteiger partial charge in [0.05, 0.1) is 16.6 Å². The molecule has 1 aliphatic rings. The van der Waals surface area contributed by atoms with E-state index < -0.39 is 16.0 Å². The molecule has 0 radical (unpaired) electrons. The monoisotopic (exact) mass is 313 g/mol. The van der Waals surface area contributed by atoms with Crippen LogP contribution in [0, 0.1) is 0 Å². The van der Waals surface area contributed by atoms with Crippen LogP contribution < -0.4 is 5.14 Å². The topological polar surface area (TPSA) is 95.7 Å². The van der Waals surface area contributed by atoms with Gasteiger partial charge in [-0.05, 0) is 37.0 Å². The van der Waals surface area contributed by atoms with E-state index in [2.05, 4.69) is 0 Å². The molecular weight excluding hydrogens is 294 g/mol. The Morgan fingerprint density at radius 3 is 2.81 bits per heavy atom. The molecule has 116 valence electrons. The molecular formula is C14H19NO5S. The van der Waals surface area contributed by atoms with Gasteiger partial charge in [-0.25, -0.2) is 18.4 Å². The normalized spacial score (nSPS) is 18.7. The fraction of sp³-hybridized carbons (Fsp3) is 0.500. The third kappa shape index (κ3) is 4.03. The fourth-order valence-corrected chi connectivity index (χ4v) is 3.14. The van der Waals surface area contributed by atoms with Crippen molar-refractivity contribution in [2.75, 3.05) is 13.2 Å².